The fraction of sp³-hybridized carbons (Fsp3) is 0.0250. The van der Waals surface area contributed by atoms with Crippen molar-refractivity contribution >= 4 is 17.1 Å². The second-order valence-electron chi connectivity index (χ2n) is 10.9. The monoisotopic (exact) mass is 565 g/mol. The van der Waals surface area contributed by atoms with E-state index in [-0.39, 0.29) is 6.04 Å². The highest BCUT2D eigenvalue weighted by molar-refractivity contribution is 5.81. The van der Waals surface area contributed by atoms with Crippen LogP contribution in [0.4, 0.5) is 17.1 Å². The summed E-state index contributed by atoms with van der Waals surface area (Å²) < 4.78 is 2.32. The summed E-state index contributed by atoms with van der Waals surface area (Å²) in [6.45, 7) is 0. The molecule has 1 aliphatic carbocycles. The van der Waals surface area contributed by atoms with Gasteiger partial charge in [0.2, 0.25) is 6.04 Å². The number of hydrogen-bond donors (Lipinski definition) is 0. The van der Waals surface area contributed by atoms with Crippen LogP contribution in [-0.4, -0.2) is 9.97 Å². The molecule has 0 spiro atoms. The smallest absolute Gasteiger partial charge is 0.210 e. The lowest BCUT2D eigenvalue weighted by atomic mass is 10.0. The van der Waals surface area contributed by atoms with E-state index < -0.39 is 0 Å². The van der Waals surface area contributed by atoms with E-state index in [2.05, 4.69) is 141 Å². The summed E-state index contributed by atoms with van der Waals surface area (Å²) in [5.74, 6) is 0. The summed E-state index contributed by atoms with van der Waals surface area (Å²) in [7, 11) is 0. The number of rotatable bonds is 6. The Labute approximate surface area is 257 Å². The van der Waals surface area contributed by atoms with Crippen molar-refractivity contribution in [2.24, 2.45) is 0 Å². The summed E-state index contributed by atoms with van der Waals surface area (Å²) in [4.78, 5) is 11.5. The van der Waals surface area contributed by atoms with Gasteiger partial charge < -0.3 is 4.90 Å². The second kappa shape index (κ2) is 11.1. The van der Waals surface area contributed by atoms with Crippen LogP contribution in [0.5, 0.6) is 0 Å². The van der Waals surface area contributed by atoms with E-state index >= 15 is 0 Å². The van der Waals surface area contributed by atoms with Gasteiger partial charge in [-0.25, -0.2) is 0 Å². The molecule has 0 aliphatic heterocycles. The number of fused-ring (bicyclic) bond motifs is 3. The number of anilines is 3. The van der Waals surface area contributed by atoms with Gasteiger partial charge in [-0.2, -0.15) is 4.57 Å². The van der Waals surface area contributed by atoms with Crippen LogP contribution in [0.25, 0.3) is 33.6 Å². The maximum absolute atomic E-state index is 4.61. The van der Waals surface area contributed by atoms with Gasteiger partial charge in [0, 0.05) is 58.2 Å². The van der Waals surface area contributed by atoms with Crippen molar-refractivity contribution in [2.45, 2.75) is 6.04 Å². The highest BCUT2D eigenvalue weighted by atomic mass is 15.1. The third-order valence-corrected chi connectivity index (χ3v) is 8.32. The van der Waals surface area contributed by atoms with Crippen molar-refractivity contribution in [1.82, 2.24) is 9.97 Å². The molecule has 1 aliphatic rings. The first-order valence-corrected chi connectivity index (χ1v) is 14.9. The number of nitrogens with zero attached hydrogens (tertiary/aromatic N) is 4. The van der Waals surface area contributed by atoms with Crippen LogP contribution in [0.15, 0.2) is 170 Å². The Kier molecular flexibility index (Phi) is 6.50. The lowest BCUT2D eigenvalue weighted by molar-refractivity contribution is -0.704. The van der Waals surface area contributed by atoms with E-state index in [9.17, 15) is 0 Å². The average molecular weight is 566 g/mol. The number of benzene rings is 4. The van der Waals surface area contributed by atoms with Crippen LogP contribution in [0, 0.1) is 0 Å². The van der Waals surface area contributed by atoms with Crippen LogP contribution in [0.1, 0.15) is 17.2 Å². The Morgan fingerprint density at radius 3 is 1.45 bits per heavy atom. The van der Waals surface area contributed by atoms with Crippen LogP contribution in [0.3, 0.4) is 0 Å². The minimum Gasteiger partial charge on any atom is -0.310 e. The van der Waals surface area contributed by atoms with Gasteiger partial charge in [-0.3, -0.25) is 9.97 Å². The highest BCUT2D eigenvalue weighted by Crippen LogP contribution is 2.43. The Balaban J connectivity index is 1.24. The summed E-state index contributed by atoms with van der Waals surface area (Å²) in [5.41, 5.74) is 12.5. The molecule has 3 aromatic heterocycles. The Bertz CT molecular complexity index is 1940. The molecule has 0 radical (unpaired) electrons. The Hall–Kier alpha value is -5.87. The van der Waals surface area contributed by atoms with Gasteiger partial charge in [0.1, 0.15) is 0 Å². The first kappa shape index (κ1) is 25.8. The lowest BCUT2D eigenvalue weighted by Gasteiger charge is -2.26. The van der Waals surface area contributed by atoms with Crippen molar-refractivity contribution in [3.63, 3.8) is 0 Å². The molecule has 7 aromatic rings. The molecule has 208 valence electrons. The van der Waals surface area contributed by atoms with E-state index in [1.807, 2.05) is 48.8 Å². The predicted molar refractivity (Wildman–Crippen MR) is 177 cm³/mol. The maximum atomic E-state index is 4.61. The molecule has 0 saturated heterocycles. The quantitative estimate of drug-likeness (QED) is 0.189. The first-order valence-electron chi connectivity index (χ1n) is 14.9. The van der Waals surface area contributed by atoms with Crippen molar-refractivity contribution in [3.05, 3.63) is 182 Å². The van der Waals surface area contributed by atoms with Gasteiger partial charge in [0.15, 0.2) is 12.4 Å². The summed E-state index contributed by atoms with van der Waals surface area (Å²) in [6.07, 6.45) is 8.09. The summed E-state index contributed by atoms with van der Waals surface area (Å²) >= 11 is 0. The zero-order valence-electron chi connectivity index (χ0n) is 24.0. The summed E-state index contributed by atoms with van der Waals surface area (Å²) in [6, 6.07) is 51.2. The standard InChI is InChI=1S/C40H29N4/c1-3-17-36-34(15-1)35-16-2-4-18-37(35)40(36)43-25-21-31(22-26-43)44(32-13-9-11-29(27-32)38-19-5-7-23-41-38)33-14-10-12-30(28-33)39-20-6-8-24-42-39/h1-28,40H/q+1. The van der Waals surface area contributed by atoms with Gasteiger partial charge in [-0.15, -0.1) is 0 Å². The molecule has 4 nitrogen and oxygen atoms in total. The summed E-state index contributed by atoms with van der Waals surface area (Å²) in [5, 5.41) is 0. The van der Waals surface area contributed by atoms with E-state index in [0.717, 1.165) is 39.6 Å². The number of pyridine rings is 3. The number of hydrogen-bond acceptors (Lipinski definition) is 3. The zero-order chi connectivity index (χ0) is 29.3. The van der Waals surface area contributed by atoms with Crippen molar-refractivity contribution in [2.75, 3.05) is 4.90 Å². The van der Waals surface area contributed by atoms with Crippen LogP contribution >= 0.6 is 0 Å². The predicted octanol–water partition coefficient (Wildman–Crippen LogP) is 9.19. The molecular weight excluding hydrogens is 536 g/mol. The molecule has 0 bridgehead atoms. The van der Waals surface area contributed by atoms with Crippen molar-refractivity contribution < 1.29 is 4.57 Å². The van der Waals surface area contributed by atoms with Crippen LogP contribution in [0.2, 0.25) is 0 Å². The normalized spacial score (nSPS) is 12.0. The number of aromatic nitrogens is 3. The minimum atomic E-state index is 0.130. The molecule has 0 atom stereocenters. The molecule has 3 heterocycles. The fourth-order valence-corrected chi connectivity index (χ4v) is 6.32. The minimum absolute atomic E-state index is 0.130. The lowest BCUT2D eigenvalue weighted by Crippen LogP contribution is -2.39. The zero-order valence-corrected chi connectivity index (χ0v) is 24.0. The van der Waals surface area contributed by atoms with Gasteiger partial charge in [0.05, 0.1) is 17.1 Å². The molecule has 0 saturated carbocycles. The molecule has 0 N–H and O–H groups in total. The molecule has 44 heavy (non-hydrogen) atoms. The van der Waals surface area contributed by atoms with E-state index in [0.29, 0.717) is 0 Å². The van der Waals surface area contributed by atoms with Crippen LogP contribution < -0.4 is 9.47 Å². The molecule has 4 heteroatoms. The molecule has 0 unspecified atom stereocenters. The molecular formula is C40H29N4+. The Morgan fingerprint density at radius 2 is 0.955 bits per heavy atom. The van der Waals surface area contributed by atoms with E-state index in [1.165, 1.54) is 22.3 Å². The Morgan fingerprint density at radius 1 is 0.455 bits per heavy atom. The third kappa shape index (κ3) is 4.63. The van der Waals surface area contributed by atoms with Crippen molar-refractivity contribution in [1.29, 1.82) is 0 Å². The third-order valence-electron chi connectivity index (χ3n) is 8.32. The fourth-order valence-electron chi connectivity index (χ4n) is 6.32. The molecule has 8 rings (SSSR count). The van der Waals surface area contributed by atoms with Crippen LogP contribution in [-0.2, 0) is 0 Å². The van der Waals surface area contributed by atoms with E-state index in [1.54, 1.807) is 0 Å². The largest absolute Gasteiger partial charge is 0.310 e. The highest BCUT2D eigenvalue weighted by Gasteiger charge is 2.34. The average Bonchev–Trinajstić information content (AvgIpc) is 3.44. The van der Waals surface area contributed by atoms with E-state index in [4.69, 9.17) is 0 Å². The molecule has 0 fully saturated rings. The second-order valence-corrected chi connectivity index (χ2v) is 10.9. The molecule has 0 amide bonds. The van der Waals surface area contributed by atoms with Gasteiger partial charge in [0.25, 0.3) is 0 Å². The van der Waals surface area contributed by atoms with Gasteiger partial charge in [-0.1, -0.05) is 84.9 Å². The first-order chi connectivity index (χ1) is 21.8. The molecule has 4 aromatic carbocycles. The SMILES string of the molecule is c1ccc(-c2cccc(N(c3cc[n+](C4c5ccccc5-c5ccccc54)cc3)c3cccc(-c4ccccn4)c3)c2)nc1. The van der Waals surface area contributed by atoms with Crippen molar-refractivity contribution in [3.8, 4) is 33.6 Å². The van der Waals surface area contributed by atoms with Gasteiger partial charge >= 0.3 is 0 Å². The maximum Gasteiger partial charge on any atom is 0.210 e. The topological polar surface area (TPSA) is 32.9 Å². The van der Waals surface area contributed by atoms with Gasteiger partial charge in [-0.05, 0) is 59.7 Å².